The van der Waals surface area contributed by atoms with Gasteiger partial charge in [0, 0.05) is 12.2 Å². The lowest BCUT2D eigenvalue weighted by Gasteiger charge is -2.32. The molecule has 124 valence electrons. The summed E-state index contributed by atoms with van der Waals surface area (Å²) in [7, 11) is 0. The average molecular weight is 314 g/mol. The Balaban J connectivity index is 2.66. The van der Waals surface area contributed by atoms with Crippen molar-refractivity contribution in [2.24, 2.45) is 5.41 Å². The van der Waals surface area contributed by atoms with Crippen LogP contribution in [0.15, 0.2) is 42.5 Å². The van der Waals surface area contributed by atoms with Crippen molar-refractivity contribution in [1.29, 1.82) is 0 Å². The number of halogens is 1. The smallest absolute Gasteiger partial charge is 0.131 e. The maximum absolute atomic E-state index is 14.3. The van der Waals surface area contributed by atoms with E-state index in [4.69, 9.17) is 4.74 Å². The van der Waals surface area contributed by atoms with Gasteiger partial charge < -0.3 is 4.74 Å². The van der Waals surface area contributed by atoms with Gasteiger partial charge in [-0.3, -0.25) is 0 Å². The minimum absolute atomic E-state index is 0.0671. The van der Waals surface area contributed by atoms with E-state index < -0.39 is 0 Å². The first-order valence-corrected chi connectivity index (χ1v) is 8.37. The highest BCUT2D eigenvalue weighted by molar-refractivity contribution is 5.69. The second kappa shape index (κ2) is 7.27. The van der Waals surface area contributed by atoms with Gasteiger partial charge in [-0.2, -0.15) is 0 Å². The molecule has 0 unspecified atom stereocenters. The van der Waals surface area contributed by atoms with Crippen LogP contribution in [0.2, 0.25) is 0 Å². The predicted molar refractivity (Wildman–Crippen MR) is 95.0 cm³/mol. The highest BCUT2D eigenvalue weighted by Crippen LogP contribution is 2.41. The van der Waals surface area contributed by atoms with Gasteiger partial charge in [-0.25, -0.2) is 4.39 Å². The van der Waals surface area contributed by atoms with Gasteiger partial charge in [-0.05, 0) is 41.5 Å². The molecule has 0 amide bonds. The second-order valence-corrected chi connectivity index (χ2v) is 6.96. The van der Waals surface area contributed by atoms with Gasteiger partial charge in [0.05, 0.1) is 6.10 Å². The molecule has 2 rings (SSSR count). The Labute approximate surface area is 139 Å². The van der Waals surface area contributed by atoms with Crippen LogP contribution in [0.1, 0.15) is 51.8 Å². The van der Waals surface area contributed by atoms with Crippen molar-refractivity contribution in [3.05, 3.63) is 59.4 Å². The van der Waals surface area contributed by atoms with Crippen LogP contribution in [0, 0.1) is 11.2 Å². The first-order chi connectivity index (χ1) is 10.9. The summed E-state index contributed by atoms with van der Waals surface area (Å²) >= 11 is 0. The van der Waals surface area contributed by atoms with Gasteiger partial charge >= 0.3 is 0 Å². The summed E-state index contributed by atoms with van der Waals surface area (Å²) in [6.07, 6.45) is 0.877. The lowest BCUT2D eigenvalue weighted by atomic mass is 9.80. The number of rotatable bonds is 5. The van der Waals surface area contributed by atoms with Gasteiger partial charge in [0.2, 0.25) is 0 Å². The number of benzene rings is 2. The van der Waals surface area contributed by atoms with Gasteiger partial charge in [-0.15, -0.1) is 0 Å². The minimum Gasteiger partial charge on any atom is -0.373 e. The molecule has 2 heteroatoms. The van der Waals surface area contributed by atoms with Crippen molar-refractivity contribution in [1.82, 2.24) is 0 Å². The lowest BCUT2D eigenvalue weighted by molar-refractivity contribution is -0.0129. The first-order valence-electron chi connectivity index (χ1n) is 8.37. The van der Waals surface area contributed by atoms with E-state index >= 15 is 0 Å². The van der Waals surface area contributed by atoms with E-state index in [9.17, 15) is 4.39 Å². The summed E-state index contributed by atoms with van der Waals surface area (Å²) in [5.41, 5.74) is 3.81. The molecule has 0 N–H and O–H groups in total. The third kappa shape index (κ3) is 4.00. The summed E-state index contributed by atoms with van der Waals surface area (Å²) in [6, 6.07) is 13.2. The van der Waals surface area contributed by atoms with Crippen molar-refractivity contribution in [3.63, 3.8) is 0 Å². The van der Waals surface area contributed by atoms with Crippen LogP contribution in [0.25, 0.3) is 11.1 Å². The highest BCUT2D eigenvalue weighted by atomic mass is 19.1. The van der Waals surface area contributed by atoms with Crippen molar-refractivity contribution in [3.8, 4) is 11.1 Å². The summed E-state index contributed by atoms with van der Waals surface area (Å²) in [5.74, 6) is -0.192. The molecule has 1 atom stereocenters. The topological polar surface area (TPSA) is 9.23 Å². The molecule has 0 fully saturated rings. The molecule has 0 aliphatic heterocycles. The van der Waals surface area contributed by atoms with Crippen LogP contribution in [-0.2, 0) is 11.2 Å². The summed E-state index contributed by atoms with van der Waals surface area (Å²) in [5, 5.41) is 0. The van der Waals surface area contributed by atoms with Crippen molar-refractivity contribution < 1.29 is 9.13 Å². The average Bonchev–Trinajstić information content (AvgIpc) is 2.51. The van der Waals surface area contributed by atoms with Crippen LogP contribution in [0.3, 0.4) is 0 Å². The van der Waals surface area contributed by atoms with Gasteiger partial charge in [0.1, 0.15) is 5.82 Å². The third-order valence-electron chi connectivity index (χ3n) is 4.09. The Morgan fingerprint density at radius 2 is 1.70 bits per heavy atom. The Morgan fingerprint density at radius 3 is 2.26 bits per heavy atom. The van der Waals surface area contributed by atoms with Crippen molar-refractivity contribution >= 4 is 0 Å². The molecule has 0 bridgehead atoms. The Morgan fingerprint density at radius 1 is 1.00 bits per heavy atom. The maximum atomic E-state index is 14.3. The van der Waals surface area contributed by atoms with E-state index in [0.29, 0.717) is 12.2 Å². The lowest BCUT2D eigenvalue weighted by Crippen LogP contribution is -2.22. The molecule has 0 aliphatic carbocycles. The van der Waals surface area contributed by atoms with Gasteiger partial charge in [0.15, 0.2) is 0 Å². The van der Waals surface area contributed by atoms with Gasteiger partial charge in [0.25, 0.3) is 0 Å². The summed E-state index contributed by atoms with van der Waals surface area (Å²) < 4.78 is 20.4. The third-order valence-corrected chi connectivity index (χ3v) is 4.09. The first kappa shape index (κ1) is 17.7. The largest absolute Gasteiger partial charge is 0.373 e. The normalized spacial score (nSPS) is 13.1. The summed E-state index contributed by atoms with van der Waals surface area (Å²) in [6.45, 7) is 11.3. The molecule has 0 spiro atoms. The number of hydrogen-bond acceptors (Lipinski definition) is 1. The van der Waals surface area contributed by atoms with E-state index in [0.717, 1.165) is 17.5 Å². The summed E-state index contributed by atoms with van der Waals surface area (Å²) in [4.78, 5) is 0. The van der Waals surface area contributed by atoms with E-state index in [2.05, 4.69) is 39.8 Å². The quantitative estimate of drug-likeness (QED) is 0.640. The predicted octanol–water partition coefficient (Wildman–Crippen LogP) is 6.18. The van der Waals surface area contributed by atoms with Gasteiger partial charge in [-0.1, -0.05) is 64.1 Å². The SMILES string of the molecule is CCO[C@@H](c1cc(CC)ccc1-c1ccccc1F)C(C)(C)C. The molecular weight excluding hydrogens is 287 g/mol. The molecule has 0 saturated carbocycles. The molecule has 0 aliphatic rings. The molecule has 0 saturated heterocycles. The Kier molecular flexibility index (Phi) is 5.59. The fourth-order valence-corrected chi connectivity index (χ4v) is 2.95. The monoisotopic (exact) mass is 314 g/mol. The maximum Gasteiger partial charge on any atom is 0.131 e. The number of aryl methyl sites for hydroxylation is 1. The highest BCUT2D eigenvalue weighted by Gasteiger charge is 2.29. The Bertz CT molecular complexity index is 655. The van der Waals surface area contributed by atoms with Crippen LogP contribution in [0.4, 0.5) is 4.39 Å². The van der Waals surface area contributed by atoms with Crippen molar-refractivity contribution in [2.75, 3.05) is 6.61 Å². The molecule has 2 aromatic carbocycles. The van der Waals surface area contributed by atoms with Crippen molar-refractivity contribution in [2.45, 2.75) is 47.1 Å². The second-order valence-electron chi connectivity index (χ2n) is 6.96. The van der Waals surface area contributed by atoms with E-state index in [1.54, 1.807) is 6.07 Å². The molecule has 2 aromatic rings. The number of ether oxygens (including phenoxy) is 1. The van der Waals surface area contributed by atoms with Crippen LogP contribution < -0.4 is 0 Å². The molecule has 23 heavy (non-hydrogen) atoms. The molecule has 0 heterocycles. The van der Waals surface area contributed by atoms with Crippen LogP contribution in [0.5, 0.6) is 0 Å². The number of hydrogen-bond donors (Lipinski definition) is 0. The van der Waals surface area contributed by atoms with Crippen LogP contribution >= 0.6 is 0 Å². The van der Waals surface area contributed by atoms with E-state index in [1.165, 1.54) is 11.6 Å². The molecule has 1 nitrogen and oxygen atoms in total. The fraction of sp³-hybridized carbons (Fsp3) is 0.429. The standard InChI is InChI=1S/C21H27FO/c1-6-15-12-13-16(17-10-8-9-11-19(17)22)18(14-15)20(23-7-2)21(3,4)5/h8-14,20H,6-7H2,1-5H3/t20-/m0/s1. The minimum atomic E-state index is -0.192. The zero-order chi connectivity index (χ0) is 17.0. The fourth-order valence-electron chi connectivity index (χ4n) is 2.95. The van der Waals surface area contributed by atoms with E-state index in [-0.39, 0.29) is 17.3 Å². The zero-order valence-electron chi connectivity index (χ0n) is 14.8. The molecular formula is C21H27FO. The Hall–Kier alpha value is -1.67. The van der Waals surface area contributed by atoms with E-state index in [1.807, 2.05) is 25.1 Å². The molecule has 0 radical (unpaired) electrons. The molecule has 0 aromatic heterocycles. The zero-order valence-corrected chi connectivity index (χ0v) is 14.8. The van der Waals surface area contributed by atoms with Crippen LogP contribution in [-0.4, -0.2) is 6.61 Å².